The lowest BCUT2D eigenvalue weighted by Gasteiger charge is -2.22. The van der Waals surface area contributed by atoms with Gasteiger partial charge >= 0.3 is 6.09 Å². The fourth-order valence-electron chi connectivity index (χ4n) is 4.09. The van der Waals surface area contributed by atoms with E-state index < -0.39 is 30.0 Å². The number of hydrogen-bond donors (Lipinski definition) is 6. The molecule has 0 radical (unpaired) electrons. The van der Waals surface area contributed by atoms with E-state index in [4.69, 9.17) is 10.6 Å². The molecule has 1 aromatic heterocycles. The van der Waals surface area contributed by atoms with Crippen LogP contribution in [0.4, 0.5) is 4.79 Å². The molecule has 0 aliphatic heterocycles. The van der Waals surface area contributed by atoms with Crippen molar-refractivity contribution in [3.8, 4) is 5.75 Å². The van der Waals surface area contributed by atoms with Crippen LogP contribution in [0.2, 0.25) is 0 Å². The number of nitrogens with one attached hydrogen (secondary N) is 4. The quantitative estimate of drug-likeness (QED) is 0.108. The lowest BCUT2D eigenvalue weighted by molar-refractivity contribution is -0.130. The van der Waals surface area contributed by atoms with Gasteiger partial charge in [0.15, 0.2) is 0 Å². The van der Waals surface area contributed by atoms with Gasteiger partial charge in [-0.15, -0.1) is 0 Å². The second-order valence-corrected chi connectivity index (χ2v) is 8.76. The number of fused-ring (bicyclic) bond motifs is 1. The maximum absolute atomic E-state index is 13.4. The molecule has 196 valence electrons. The Labute approximate surface area is 219 Å². The molecule has 0 aliphatic carbocycles. The predicted octanol–water partition coefficient (Wildman–Crippen LogP) is 2.43. The second-order valence-electron chi connectivity index (χ2n) is 8.76. The molecule has 4 rings (SSSR count). The molecule has 2 unspecified atom stereocenters. The Morgan fingerprint density at radius 2 is 1.50 bits per heavy atom. The standard InChI is InChI=1S/C28H29N5O5/c29-33-27(36)24(14-18-10-12-21(34)13-11-18)31-26(35)25(15-20-16-30-23-9-5-4-8-22(20)23)32-28(37)38-17-19-6-2-1-3-7-19/h1-13,16,24-25,30,34H,14-15,17,29H2,(H,31,35)(H,32,37)(H,33,36). The minimum Gasteiger partial charge on any atom is -0.508 e. The number of aromatic amines is 1. The number of alkyl carbamates (subject to hydrolysis) is 1. The van der Waals surface area contributed by atoms with Crippen molar-refractivity contribution in [1.82, 2.24) is 21.0 Å². The van der Waals surface area contributed by atoms with Crippen molar-refractivity contribution < 1.29 is 24.2 Å². The number of hydrogen-bond acceptors (Lipinski definition) is 6. The molecule has 38 heavy (non-hydrogen) atoms. The number of amides is 3. The number of carbonyl (C=O) groups excluding carboxylic acids is 3. The number of phenols is 1. The first-order chi connectivity index (χ1) is 18.4. The van der Waals surface area contributed by atoms with Gasteiger partial charge in [-0.2, -0.15) is 0 Å². The van der Waals surface area contributed by atoms with E-state index in [1.807, 2.05) is 54.6 Å². The van der Waals surface area contributed by atoms with Gasteiger partial charge in [-0.25, -0.2) is 10.6 Å². The van der Waals surface area contributed by atoms with E-state index in [1.165, 1.54) is 12.1 Å². The highest BCUT2D eigenvalue weighted by Gasteiger charge is 2.28. The third kappa shape index (κ3) is 6.89. The van der Waals surface area contributed by atoms with Crippen LogP contribution in [0, 0.1) is 0 Å². The topological polar surface area (TPSA) is 159 Å². The summed E-state index contributed by atoms with van der Waals surface area (Å²) in [6.45, 7) is 0.0349. The van der Waals surface area contributed by atoms with Crippen LogP contribution in [0.5, 0.6) is 5.75 Å². The first-order valence-electron chi connectivity index (χ1n) is 12.0. The summed E-state index contributed by atoms with van der Waals surface area (Å²) >= 11 is 0. The van der Waals surface area contributed by atoms with E-state index in [9.17, 15) is 19.5 Å². The number of hydrazine groups is 1. The van der Waals surface area contributed by atoms with Crippen LogP contribution in [0.3, 0.4) is 0 Å². The summed E-state index contributed by atoms with van der Waals surface area (Å²) in [5, 5.41) is 15.8. The van der Waals surface area contributed by atoms with E-state index in [1.54, 1.807) is 18.3 Å². The Morgan fingerprint density at radius 1 is 0.816 bits per heavy atom. The average molecular weight is 516 g/mol. The third-order valence-electron chi connectivity index (χ3n) is 6.07. The summed E-state index contributed by atoms with van der Waals surface area (Å²) < 4.78 is 5.34. The van der Waals surface area contributed by atoms with Crippen molar-refractivity contribution >= 4 is 28.8 Å². The molecular formula is C28H29N5O5. The van der Waals surface area contributed by atoms with Crippen LogP contribution in [0.1, 0.15) is 16.7 Å². The summed E-state index contributed by atoms with van der Waals surface area (Å²) in [5.41, 5.74) is 5.26. The Bertz CT molecular complexity index is 1390. The van der Waals surface area contributed by atoms with Gasteiger partial charge in [-0.3, -0.25) is 15.0 Å². The van der Waals surface area contributed by atoms with E-state index in [-0.39, 0.29) is 25.2 Å². The molecule has 1 heterocycles. The van der Waals surface area contributed by atoms with Gasteiger partial charge < -0.3 is 25.5 Å². The molecule has 10 heteroatoms. The second kappa shape index (κ2) is 12.4. The third-order valence-corrected chi connectivity index (χ3v) is 6.07. The monoisotopic (exact) mass is 515 g/mol. The average Bonchev–Trinajstić information content (AvgIpc) is 3.35. The summed E-state index contributed by atoms with van der Waals surface area (Å²) in [6, 6.07) is 21.0. The summed E-state index contributed by atoms with van der Waals surface area (Å²) in [6.07, 6.45) is 1.27. The lowest BCUT2D eigenvalue weighted by Crippen LogP contribution is -2.56. The number of phenolic OH excluding ortho intramolecular Hbond substituents is 1. The van der Waals surface area contributed by atoms with Gasteiger partial charge in [-0.1, -0.05) is 60.7 Å². The van der Waals surface area contributed by atoms with Crippen LogP contribution in [-0.4, -0.2) is 40.1 Å². The highest BCUT2D eigenvalue weighted by atomic mass is 16.5. The Morgan fingerprint density at radius 3 is 2.24 bits per heavy atom. The number of aromatic nitrogens is 1. The number of ether oxygens (including phenoxy) is 1. The largest absolute Gasteiger partial charge is 0.508 e. The van der Waals surface area contributed by atoms with Gasteiger partial charge in [0, 0.05) is 29.9 Å². The van der Waals surface area contributed by atoms with Crippen molar-refractivity contribution in [3.63, 3.8) is 0 Å². The van der Waals surface area contributed by atoms with Crippen LogP contribution in [-0.2, 0) is 33.8 Å². The van der Waals surface area contributed by atoms with E-state index in [0.29, 0.717) is 5.56 Å². The molecular weight excluding hydrogens is 486 g/mol. The Kier molecular flexibility index (Phi) is 8.57. The van der Waals surface area contributed by atoms with Crippen molar-refractivity contribution in [3.05, 3.63) is 102 Å². The number of aromatic hydroxyl groups is 1. The molecule has 0 saturated carbocycles. The van der Waals surface area contributed by atoms with E-state index >= 15 is 0 Å². The van der Waals surface area contributed by atoms with E-state index in [2.05, 4.69) is 21.0 Å². The van der Waals surface area contributed by atoms with Gasteiger partial charge in [0.05, 0.1) is 0 Å². The highest BCUT2D eigenvalue weighted by molar-refractivity contribution is 5.92. The molecule has 0 bridgehead atoms. The minimum atomic E-state index is -1.05. The summed E-state index contributed by atoms with van der Waals surface area (Å²) in [7, 11) is 0. The molecule has 7 N–H and O–H groups in total. The van der Waals surface area contributed by atoms with Gasteiger partial charge in [0.2, 0.25) is 5.91 Å². The number of nitrogens with two attached hydrogens (primary N) is 1. The molecule has 0 spiro atoms. The molecule has 3 aromatic carbocycles. The fraction of sp³-hybridized carbons (Fsp3) is 0.179. The number of rotatable bonds is 10. The number of benzene rings is 3. The maximum atomic E-state index is 13.4. The first-order valence-corrected chi connectivity index (χ1v) is 12.0. The molecule has 0 aliphatic rings. The van der Waals surface area contributed by atoms with Crippen LogP contribution >= 0.6 is 0 Å². The van der Waals surface area contributed by atoms with Crippen LogP contribution in [0.25, 0.3) is 10.9 Å². The predicted molar refractivity (Wildman–Crippen MR) is 142 cm³/mol. The highest BCUT2D eigenvalue weighted by Crippen LogP contribution is 2.19. The fourth-order valence-corrected chi connectivity index (χ4v) is 4.09. The minimum absolute atomic E-state index is 0.0349. The summed E-state index contributed by atoms with van der Waals surface area (Å²) in [4.78, 5) is 41.8. The van der Waals surface area contributed by atoms with Crippen molar-refractivity contribution in [2.75, 3.05) is 0 Å². The van der Waals surface area contributed by atoms with Crippen LogP contribution < -0.4 is 21.9 Å². The zero-order chi connectivity index (χ0) is 26.9. The van der Waals surface area contributed by atoms with Crippen molar-refractivity contribution in [2.45, 2.75) is 31.5 Å². The van der Waals surface area contributed by atoms with Crippen molar-refractivity contribution in [1.29, 1.82) is 0 Å². The molecule has 0 saturated heterocycles. The van der Waals surface area contributed by atoms with Gasteiger partial charge in [0.25, 0.3) is 5.91 Å². The molecule has 2 atom stereocenters. The molecule has 4 aromatic rings. The summed E-state index contributed by atoms with van der Waals surface area (Å²) in [5.74, 6) is 4.25. The smallest absolute Gasteiger partial charge is 0.408 e. The SMILES string of the molecule is NNC(=O)C(Cc1ccc(O)cc1)NC(=O)C(Cc1c[nH]c2ccccc12)NC(=O)OCc1ccccc1. The zero-order valence-corrected chi connectivity index (χ0v) is 20.5. The number of carbonyl (C=O) groups is 3. The number of H-pyrrole nitrogens is 1. The van der Waals surface area contributed by atoms with E-state index in [0.717, 1.165) is 22.0 Å². The zero-order valence-electron chi connectivity index (χ0n) is 20.5. The van der Waals surface area contributed by atoms with Gasteiger partial charge in [0.1, 0.15) is 24.4 Å². The first kappa shape index (κ1) is 26.2. The molecule has 3 amide bonds. The van der Waals surface area contributed by atoms with Crippen LogP contribution in [0.15, 0.2) is 85.1 Å². The Balaban J connectivity index is 1.51. The van der Waals surface area contributed by atoms with Crippen molar-refractivity contribution in [2.24, 2.45) is 5.84 Å². The molecule has 0 fully saturated rings. The lowest BCUT2D eigenvalue weighted by atomic mass is 10.0. The normalized spacial score (nSPS) is 12.3. The van der Waals surface area contributed by atoms with Gasteiger partial charge in [-0.05, 0) is 34.9 Å². The number of para-hydroxylation sites is 1. The maximum Gasteiger partial charge on any atom is 0.408 e. The Hall–Kier alpha value is -4.83. The molecule has 10 nitrogen and oxygen atoms in total.